The molecule has 0 saturated heterocycles. The minimum absolute atomic E-state index is 0.447. The molecule has 0 atom stereocenters. The number of phenols is 1. The van der Waals surface area contributed by atoms with Crippen molar-refractivity contribution in [1.29, 1.82) is 0 Å². The molecule has 0 aliphatic heterocycles. The summed E-state index contributed by atoms with van der Waals surface area (Å²) in [6, 6.07) is 15.8. The molecular weight excluding hydrogens is 358 g/mol. The third-order valence-electron chi connectivity index (χ3n) is 3.56. The van der Waals surface area contributed by atoms with Crippen LogP contribution in [0.15, 0.2) is 54.6 Å². The minimum Gasteiger partial charge on any atom is -0.497 e. The van der Waals surface area contributed by atoms with Gasteiger partial charge in [0.2, 0.25) is 0 Å². The molecule has 0 saturated carbocycles. The zero-order valence-electron chi connectivity index (χ0n) is 13.9. The van der Waals surface area contributed by atoms with Crippen molar-refractivity contribution in [2.75, 3.05) is 0 Å². The lowest BCUT2D eigenvalue weighted by Gasteiger charge is -1.97. The summed E-state index contributed by atoms with van der Waals surface area (Å²) in [5.74, 6) is -1.21. The zero-order valence-corrected chi connectivity index (χ0v) is 13.9. The van der Waals surface area contributed by atoms with Crippen LogP contribution in [0.4, 0.5) is 17.1 Å². The first-order valence-corrected chi connectivity index (χ1v) is 7.46. The predicted octanol–water partition coefficient (Wildman–Crippen LogP) is 4.27. The summed E-state index contributed by atoms with van der Waals surface area (Å²) >= 11 is 0. The number of fused-ring (bicyclic) bond motifs is 1. The van der Waals surface area contributed by atoms with Crippen molar-refractivity contribution >= 4 is 27.8 Å². The van der Waals surface area contributed by atoms with Crippen molar-refractivity contribution in [2.24, 2.45) is 0 Å². The number of aromatic hydroxyl groups is 1. The van der Waals surface area contributed by atoms with E-state index in [4.69, 9.17) is 5.11 Å². The fourth-order valence-corrected chi connectivity index (χ4v) is 2.28. The average Bonchev–Trinajstić information content (AvgIpc) is 2.61. The van der Waals surface area contributed by atoms with Gasteiger partial charge in [-0.1, -0.05) is 48.0 Å². The van der Waals surface area contributed by atoms with E-state index in [-0.39, 0.29) is 0 Å². The number of aryl methyl sites for hydroxylation is 1. The van der Waals surface area contributed by atoms with E-state index in [9.17, 15) is 30.3 Å². The lowest BCUT2D eigenvalue weighted by Crippen LogP contribution is -1.97. The lowest BCUT2D eigenvalue weighted by molar-refractivity contribution is -0.404. The molecule has 3 aromatic carbocycles. The van der Waals surface area contributed by atoms with Crippen molar-refractivity contribution in [1.82, 2.24) is 0 Å². The Morgan fingerprint density at radius 2 is 1.26 bits per heavy atom. The number of phenolic OH excluding ortho intramolecular Hbond substituents is 1. The highest BCUT2D eigenvalue weighted by Gasteiger charge is 2.30. The largest absolute Gasteiger partial charge is 0.497 e. The van der Waals surface area contributed by atoms with Crippen LogP contribution in [0.5, 0.6) is 5.75 Å². The highest BCUT2D eigenvalue weighted by Crippen LogP contribution is 2.38. The van der Waals surface area contributed by atoms with E-state index in [1.54, 1.807) is 0 Å². The molecule has 0 radical (unpaired) electrons. The second-order valence-electron chi connectivity index (χ2n) is 5.45. The molecule has 3 rings (SSSR count). The van der Waals surface area contributed by atoms with Crippen molar-refractivity contribution < 1.29 is 19.9 Å². The number of nitro benzene ring substituents is 3. The van der Waals surface area contributed by atoms with Crippen LogP contribution in [0.25, 0.3) is 10.8 Å². The Bertz CT molecular complexity index is 1010. The van der Waals surface area contributed by atoms with Crippen LogP contribution in [0.2, 0.25) is 0 Å². The summed E-state index contributed by atoms with van der Waals surface area (Å²) in [4.78, 5) is 27.8. The molecule has 10 nitrogen and oxygen atoms in total. The van der Waals surface area contributed by atoms with Gasteiger partial charge in [-0.15, -0.1) is 0 Å². The molecule has 0 aromatic heterocycles. The van der Waals surface area contributed by atoms with Crippen LogP contribution >= 0.6 is 0 Å². The maximum absolute atomic E-state index is 10.4. The number of non-ortho nitro benzene ring substituents is 1. The monoisotopic (exact) mass is 371 g/mol. The smallest absolute Gasteiger partial charge is 0.324 e. The molecule has 27 heavy (non-hydrogen) atoms. The standard InChI is InChI=1S/C11H10.C6H3N3O7/c1-9-6-7-10-4-2-3-5-11(10)8-9;10-6-4(8(13)14)1-3(7(11)12)2-5(6)9(15)16/h2-8H,1H3;1-2,10H. The number of benzene rings is 3. The first-order valence-electron chi connectivity index (χ1n) is 7.46. The van der Waals surface area contributed by atoms with Crippen molar-refractivity contribution in [3.63, 3.8) is 0 Å². The molecule has 0 spiro atoms. The SMILES string of the molecule is Cc1ccc2ccccc2c1.O=[N+]([O-])c1cc([N+](=O)[O-])c(O)c([N+](=O)[O-])c1. The van der Waals surface area contributed by atoms with Gasteiger partial charge in [-0.25, -0.2) is 0 Å². The molecule has 138 valence electrons. The van der Waals surface area contributed by atoms with Crippen LogP contribution < -0.4 is 0 Å². The fourth-order valence-electron chi connectivity index (χ4n) is 2.28. The summed E-state index contributed by atoms with van der Waals surface area (Å²) < 4.78 is 0. The van der Waals surface area contributed by atoms with E-state index in [0.717, 1.165) is 0 Å². The van der Waals surface area contributed by atoms with Gasteiger partial charge >= 0.3 is 11.4 Å². The van der Waals surface area contributed by atoms with Gasteiger partial charge in [-0.3, -0.25) is 30.3 Å². The van der Waals surface area contributed by atoms with E-state index in [2.05, 4.69) is 49.4 Å². The number of rotatable bonds is 3. The van der Waals surface area contributed by atoms with Gasteiger partial charge in [0, 0.05) is 0 Å². The second kappa shape index (κ2) is 7.87. The van der Waals surface area contributed by atoms with Crippen molar-refractivity contribution in [2.45, 2.75) is 6.92 Å². The highest BCUT2D eigenvalue weighted by atomic mass is 16.6. The number of hydrogen-bond acceptors (Lipinski definition) is 7. The van der Waals surface area contributed by atoms with Crippen molar-refractivity contribution in [3.05, 3.63) is 90.5 Å². The van der Waals surface area contributed by atoms with E-state index in [1.165, 1.54) is 16.3 Å². The van der Waals surface area contributed by atoms with Crippen molar-refractivity contribution in [3.8, 4) is 5.75 Å². The Kier molecular flexibility index (Phi) is 5.61. The van der Waals surface area contributed by atoms with E-state index >= 15 is 0 Å². The molecule has 0 aliphatic rings. The summed E-state index contributed by atoms with van der Waals surface area (Å²) in [5, 5.41) is 42.9. The summed E-state index contributed by atoms with van der Waals surface area (Å²) in [6.45, 7) is 2.12. The maximum atomic E-state index is 10.4. The zero-order chi connectivity index (χ0) is 20.1. The summed E-state index contributed by atoms with van der Waals surface area (Å²) in [6.07, 6.45) is 0. The number of hydrogen-bond donors (Lipinski definition) is 1. The molecule has 0 bridgehead atoms. The molecule has 0 aliphatic carbocycles. The molecule has 3 aromatic rings. The topological polar surface area (TPSA) is 150 Å². The highest BCUT2D eigenvalue weighted by molar-refractivity contribution is 5.82. The third kappa shape index (κ3) is 4.51. The Balaban J connectivity index is 0.000000206. The van der Waals surface area contributed by atoms with Gasteiger partial charge in [0.15, 0.2) is 0 Å². The van der Waals surface area contributed by atoms with Gasteiger partial charge in [0.05, 0.1) is 26.9 Å². The molecule has 10 heteroatoms. The van der Waals surface area contributed by atoms with E-state index in [0.29, 0.717) is 12.1 Å². The van der Waals surface area contributed by atoms with Gasteiger partial charge in [-0.05, 0) is 17.7 Å². The quantitative estimate of drug-likeness (QED) is 0.533. The normalized spacial score (nSPS) is 9.96. The molecule has 0 amide bonds. The van der Waals surface area contributed by atoms with Gasteiger partial charge < -0.3 is 5.11 Å². The first kappa shape index (κ1) is 19.2. The Morgan fingerprint density at radius 3 is 1.74 bits per heavy atom. The van der Waals surface area contributed by atoms with E-state index < -0.39 is 37.6 Å². The Hall–Kier alpha value is -4.08. The van der Waals surface area contributed by atoms with Gasteiger partial charge in [0.25, 0.3) is 11.4 Å². The molecule has 0 unspecified atom stereocenters. The van der Waals surface area contributed by atoms with Crippen LogP contribution in [0, 0.1) is 37.3 Å². The van der Waals surface area contributed by atoms with Gasteiger partial charge in [0.1, 0.15) is 0 Å². The van der Waals surface area contributed by atoms with Crippen LogP contribution in [-0.2, 0) is 0 Å². The number of nitrogens with zero attached hydrogens (tertiary/aromatic N) is 3. The minimum atomic E-state index is -1.21. The van der Waals surface area contributed by atoms with Crippen LogP contribution in [-0.4, -0.2) is 19.9 Å². The predicted molar refractivity (Wildman–Crippen MR) is 96.8 cm³/mol. The Morgan fingerprint density at radius 1 is 0.741 bits per heavy atom. The van der Waals surface area contributed by atoms with Crippen LogP contribution in [0.1, 0.15) is 5.56 Å². The molecular formula is C17H13N3O7. The summed E-state index contributed by atoms with van der Waals surface area (Å²) in [5.41, 5.74) is -1.68. The fraction of sp³-hybridized carbons (Fsp3) is 0.0588. The average molecular weight is 371 g/mol. The first-order chi connectivity index (χ1) is 12.7. The Labute approximate surface area is 151 Å². The second-order valence-corrected chi connectivity index (χ2v) is 5.45. The maximum Gasteiger partial charge on any atom is 0.324 e. The van der Waals surface area contributed by atoms with E-state index in [1.807, 2.05) is 0 Å². The van der Waals surface area contributed by atoms with Gasteiger partial charge in [-0.2, -0.15) is 0 Å². The molecule has 0 fully saturated rings. The molecule has 1 N–H and O–H groups in total. The number of nitro groups is 3. The third-order valence-corrected chi connectivity index (χ3v) is 3.56. The van der Waals surface area contributed by atoms with Crippen LogP contribution in [0.3, 0.4) is 0 Å². The lowest BCUT2D eigenvalue weighted by atomic mass is 10.1. The molecule has 0 heterocycles. The summed E-state index contributed by atoms with van der Waals surface area (Å²) in [7, 11) is 0.